The number of amides is 1. The molecule has 1 aliphatic heterocycles. The summed E-state index contributed by atoms with van der Waals surface area (Å²) in [6, 6.07) is 3.83. The topological polar surface area (TPSA) is 54.8 Å². The molecule has 1 aliphatic rings. The molecular weight excluding hydrogens is 290 g/mol. The first-order valence-electron chi connectivity index (χ1n) is 8.41. The number of rotatable bonds is 6. The normalized spacial score (nSPS) is 16.3. The lowest BCUT2D eigenvalue weighted by atomic mass is 9.96. The van der Waals surface area contributed by atoms with Gasteiger partial charge in [0.25, 0.3) is 0 Å². The Morgan fingerprint density at radius 1 is 1.26 bits per heavy atom. The molecule has 2 rings (SSSR count). The van der Waals surface area contributed by atoms with Crippen LogP contribution in [0.25, 0.3) is 0 Å². The van der Waals surface area contributed by atoms with Gasteiger partial charge in [-0.05, 0) is 30.0 Å². The van der Waals surface area contributed by atoms with Crippen LogP contribution < -0.4 is 0 Å². The second-order valence-electron chi connectivity index (χ2n) is 6.64. The van der Waals surface area contributed by atoms with Gasteiger partial charge in [-0.3, -0.25) is 9.78 Å². The highest BCUT2D eigenvalue weighted by Gasteiger charge is 2.24. The van der Waals surface area contributed by atoms with E-state index in [1.807, 2.05) is 24.0 Å². The van der Waals surface area contributed by atoms with E-state index in [0.29, 0.717) is 12.5 Å². The first-order chi connectivity index (χ1) is 11.1. The number of aromatic nitrogens is 1. The monoisotopic (exact) mass is 317 g/mol. The number of likely N-dealkylation sites (tertiary alicyclic amines) is 1. The number of piperidine rings is 1. The van der Waals surface area contributed by atoms with E-state index in [1.165, 1.54) is 0 Å². The van der Waals surface area contributed by atoms with Gasteiger partial charge in [0.05, 0.1) is 5.71 Å². The van der Waals surface area contributed by atoms with E-state index in [4.69, 9.17) is 4.84 Å². The van der Waals surface area contributed by atoms with Crippen molar-refractivity contribution in [1.29, 1.82) is 0 Å². The minimum atomic E-state index is 0.108. The van der Waals surface area contributed by atoms with Gasteiger partial charge < -0.3 is 9.74 Å². The number of pyridine rings is 1. The maximum absolute atomic E-state index is 12.4. The largest absolute Gasteiger partial charge is 0.391 e. The molecular formula is C18H27N3O2. The van der Waals surface area contributed by atoms with Gasteiger partial charge in [-0.2, -0.15) is 0 Å². The zero-order valence-electron chi connectivity index (χ0n) is 14.4. The molecule has 0 N–H and O–H groups in total. The molecule has 0 radical (unpaired) electrons. The third-order valence-electron chi connectivity index (χ3n) is 4.07. The van der Waals surface area contributed by atoms with Crippen LogP contribution in [0.15, 0.2) is 29.7 Å². The molecule has 1 fully saturated rings. The van der Waals surface area contributed by atoms with Gasteiger partial charge in [-0.25, -0.2) is 0 Å². The van der Waals surface area contributed by atoms with Crippen molar-refractivity contribution in [3.8, 4) is 0 Å². The molecule has 0 aromatic carbocycles. The van der Waals surface area contributed by atoms with Crippen molar-refractivity contribution in [2.24, 2.45) is 17.0 Å². The van der Waals surface area contributed by atoms with Crippen molar-refractivity contribution in [2.75, 3.05) is 13.1 Å². The number of carbonyl (C=O) groups is 1. The lowest BCUT2D eigenvalue weighted by Crippen LogP contribution is -2.41. The Kier molecular flexibility index (Phi) is 6.56. The van der Waals surface area contributed by atoms with Gasteiger partial charge in [0.15, 0.2) is 0 Å². The Labute approximate surface area is 138 Å². The van der Waals surface area contributed by atoms with Crippen molar-refractivity contribution in [3.05, 3.63) is 30.1 Å². The van der Waals surface area contributed by atoms with E-state index in [9.17, 15) is 4.79 Å². The summed E-state index contributed by atoms with van der Waals surface area (Å²) >= 11 is 0. The zero-order valence-corrected chi connectivity index (χ0v) is 14.4. The van der Waals surface area contributed by atoms with Gasteiger partial charge in [-0.1, -0.05) is 25.9 Å². The van der Waals surface area contributed by atoms with Crippen LogP contribution in [0.5, 0.6) is 0 Å². The van der Waals surface area contributed by atoms with E-state index >= 15 is 0 Å². The second kappa shape index (κ2) is 8.65. The number of nitrogens with zero attached hydrogens (tertiary/aromatic N) is 3. The Balaban J connectivity index is 1.75. The average Bonchev–Trinajstić information content (AvgIpc) is 2.55. The van der Waals surface area contributed by atoms with E-state index < -0.39 is 0 Å². The number of hydrogen-bond acceptors (Lipinski definition) is 4. The van der Waals surface area contributed by atoms with Crippen LogP contribution in [0.1, 0.15) is 45.6 Å². The summed E-state index contributed by atoms with van der Waals surface area (Å²) in [7, 11) is 0. The fraction of sp³-hybridized carbons (Fsp3) is 0.611. The summed E-state index contributed by atoms with van der Waals surface area (Å²) in [5.74, 6) is 0.935. The van der Waals surface area contributed by atoms with Crippen LogP contribution in [0.4, 0.5) is 0 Å². The number of carbonyl (C=O) groups excluding carboxylic acids is 1. The molecule has 5 heteroatoms. The van der Waals surface area contributed by atoms with Crippen LogP contribution >= 0.6 is 0 Å². The van der Waals surface area contributed by atoms with Crippen LogP contribution in [-0.4, -0.2) is 34.6 Å². The van der Waals surface area contributed by atoms with Gasteiger partial charge in [0, 0.05) is 44.2 Å². The number of oxime groups is 1. The average molecular weight is 317 g/mol. The molecule has 1 unspecified atom stereocenters. The van der Waals surface area contributed by atoms with Crippen molar-refractivity contribution in [2.45, 2.75) is 46.6 Å². The van der Waals surface area contributed by atoms with Crippen LogP contribution in [0, 0.1) is 11.8 Å². The quantitative estimate of drug-likeness (QED) is 0.757. The van der Waals surface area contributed by atoms with Crippen LogP contribution in [0.2, 0.25) is 0 Å². The van der Waals surface area contributed by atoms with Gasteiger partial charge in [0.2, 0.25) is 5.91 Å². The molecule has 0 aliphatic carbocycles. The second-order valence-corrected chi connectivity index (χ2v) is 6.64. The molecule has 0 spiro atoms. The number of hydrogen-bond donors (Lipinski definition) is 0. The summed E-state index contributed by atoms with van der Waals surface area (Å²) in [4.78, 5) is 23.7. The maximum atomic E-state index is 12.4. The lowest BCUT2D eigenvalue weighted by molar-refractivity contribution is -0.135. The van der Waals surface area contributed by atoms with Crippen molar-refractivity contribution < 1.29 is 9.63 Å². The summed E-state index contributed by atoms with van der Waals surface area (Å²) in [6.45, 7) is 8.30. The predicted molar refractivity (Wildman–Crippen MR) is 90.9 cm³/mol. The predicted octanol–water partition coefficient (Wildman–Crippen LogP) is 3.26. The molecule has 1 aromatic heterocycles. The highest BCUT2D eigenvalue weighted by atomic mass is 16.6. The molecule has 1 saturated heterocycles. The third-order valence-corrected chi connectivity index (χ3v) is 4.07. The van der Waals surface area contributed by atoms with Crippen molar-refractivity contribution in [1.82, 2.24) is 9.88 Å². The van der Waals surface area contributed by atoms with Crippen LogP contribution in [0.3, 0.4) is 0 Å². The highest BCUT2D eigenvalue weighted by Crippen LogP contribution is 2.17. The third kappa shape index (κ3) is 5.66. The first-order valence-corrected chi connectivity index (χ1v) is 8.41. The Hall–Kier alpha value is -1.91. The van der Waals surface area contributed by atoms with Gasteiger partial charge in [-0.15, -0.1) is 0 Å². The highest BCUT2D eigenvalue weighted by molar-refractivity contribution is 5.87. The maximum Gasteiger partial charge on any atom is 0.225 e. The van der Waals surface area contributed by atoms with Gasteiger partial charge in [0.1, 0.15) is 6.61 Å². The van der Waals surface area contributed by atoms with Crippen molar-refractivity contribution in [3.63, 3.8) is 0 Å². The molecule has 23 heavy (non-hydrogen) atoms. The Bertz CT molecular complexity index is 518. The molecule has 1 amide bonds. The summed E-state index contributed by atoms with van der Waals surface area (Å²) in [6.07, 6.45) is 6.04. The molecule has 1 aromatic rings. The molecule has 2 heterocycles. The summed E-state index contributed by atoms with van der Waals surface area (Å²) in [5.41, 5.74) is 2.10. The summed E-state index contributed by atoms with van der Waals surface area (Å²) < 4.78 is 0. The summed E-state index contributed by atoms with van der Waals surface area (Å²) in [5, 5.41) is 4.22. The van der Waals surface area contributed by atoms with E-state index in [0.717, 1.165) is 43.6 Å². The minimum Gasteiger partial charge on any atom is -0.391 e. The molecule has 126 valence electrons. The molecule has 5 nitrogen and oxygen atoms in total. The standard InChI is InChI=1S/C18H27N3O2/c1-14(2)12-15(3)18(22)21-10-6-17(7-11-21)20-23-13-16-4-8-19-9-5-16/h4-5,8-9,14-15H,6-7,10-13H2,1-3H3. The Morgan fingerprint density at radius 2 is 1.91 bits per heavy atom. The van der Waals surface area contributed by atoms with Crippen LogP contribution in [-0.2, 0) is 16.2 Å². The SMILES string of the molecule is CC(C)CC(C)C(=O)N1CCC(=NOCc2ccncc2)CC1. The fourth-order valence-corrected chi connectivity index (χ4v) is 2.87. The van der Waals surface area contributed by atoms with Gasteiger partial charge >= 0.3 is 0 Å². The van der Waals surface area contributed by atoms with Crippen molar-refractivity contribution >= 4 is 11.6 Å². The van der Waals surface area contributed by atoms with E-state index in [1.54, 1.807) is 12.4 Å². The van der Waals surface area contributed by atoms with E-state index in [2.05, 4.69) is 24.0 Å². The molecule has 0 saturated carbocycles. The molecule has 1 atom stereocenters. The lowest BCUT2D eigenvalue weighted by Gasteiger charge is -2.30. The van der Waals surface area contributed by atoms with E-state index in [-0.39, 0.29) is 11.8 Å². The minimum absolute atomic E-state index is 0.108. The molecule has 0 bridgehead atoms. The smallest absolute Gasteiger partial charge is 0.225 e. The fourth-order valence-electron chi connectivity index (χ4n) is 2.87. The first kappa shape index (κ1) is 17.4. The zero-order chi connectivity index (χ0) is 16.7. The Morgan fingerprint density at radius 3 is 2.52 bits per heavy atom.